The van der Waals surface area contributed by atoms with E-state index in [2.05, 4.69) is 14.9 Å². The molecular weight excluding hydrogens is 386 g/mol. The molecule has 4 aromatic rings. The lowest BCUT2D eigenvalue weighted by atomic mass is 10.2. The molecule has 1 aliphatic rings. The maximum Gasteiger partial charge on any atom is 0.227 e. The third-order valence-electron chi connectivity index (χ3n) is 5.73. The van der Waals surface area contributed by atoms with Gasteiger partial charge in [0.05, 0.1) is 5.52 Å². The van der Waals surface area contributed by atoms with E-state index in [1.807, 2.05) is 73.7 Å². The van der Waals surface area contributed by atoms with Gasteiger partial charge < -0.3 is 10.1 Å². The molecule has 0 saturated heterocycles. The Morgan fingerprint density at radius 3 is 2.35 bits per heavy atom. The lowest BCUT2D eigenvalue weighted by molar-refractivity contribution is 0.204. The minimum Gasteiger partial charge on any atom is -0.474 e. The predicted octanol–water partition coefficient (Wildman–Crippen LogP) is 5.76. The van der Waals surface area contributed by atoms with E-state index in [-0.39, 0.29) is 11.5 Å². The van der Waals surface area contributed by atoms with Crippen LogP contribution in [0.4, 0.5) is 11.5 Å². The molecule has 5 heteroatoms. The van der Waals surface area contributed by atoms with E-state index in [4.69, 9.17) is 4.74 Å². The second-order valence-corrected chi connectivity index (χ2v) is 8.04. The first-order valence-corrected chi connectivity index (χ1v) is 10.8. The van der Waals surface area contributed by atoms with Gasteiger partial charge >= 0.3 is 0 Å². The fraction of sp³-hybridized carbons (Fsp3) is 0.231. The highest BCUT2D eigenvalue weighted by atomic mass is 16.5. The summed E-state index contributed by atoms with van der Waals surface area (Å²) in [5, 5.41) is 3.95. The Bertz CT molecular complexity index is 1260. The van der Waals surface area contributed by atoms with Crippen LogP contribution in [0.2, 0.25) is 0 Å². The summed E-state index contributed by atoms with van der Waals surface area (Å²) in [7, 11) is 0. The van der Waals surface area contributed by atoms with Crippen LogP contribution in [0.3, 0.4) is 0 Å². The van der Waals surface area contributed by atoms with Crippen LogP contribution in [0.1, 0.15) is 31.4 Å². The smallest absolute Gasteiger partial charge is 0.227 e. The van der Waals surface area contributed by atoms with E-state index in [1.165, 1.54) is 0 Å². The van der Waals surface area contributed by atoms with Gasteiger partial charge in [-0.1, -0.05) is 36.4 Å². The van der Waals surface area contributed by atoms with Crippen molar-refractivity contribution in [1.82, 2.24) is 9.55 Å². The Hall–Kier alpha value is -3.60. The lowest BCUT2D eigenvalue weighted by Crippen LogP contribution is -2.17. The summed E-state index contributed by atoms with van der Waals surface area (Å²) in [6.07, 6.45) is 4.47. The number of benzene rings is 2. The van der Waals surface area contributed by atoms with Crippen molar-refractivity contribution in [2.45, 2.75) is 38.7 Å². The average Bonchev–Trinajstić information content (AvgIpc) is 3.28. The monoisotopic (exact) mass is 411 g/mol. The van der Waals surface area contributed by atoms with Crippen LogP contribution in [-0.2, 0) is 0 Å². The highest BCUT2D eigenvalue weighted by Crippen LogP contribution is 2.31. The Labute approximate surface area is 181 Å². The van der Waals surface area contributed by atoms with Crippen molar-refractivity contribution in [1.29, 1.82) is 0 Å². The second kappa shape index (κ2) is 8.26. The summed E-state index contributed by atoms with van der Waals surface area (Å²) in [6, 6.07) is 23.5. The number of ether oxygens (including phenoxy) is 1. The standard InChI is InChI=1S/C26H25N3O2/c1-18-16-22-25(26(27-18)31-21-14-8-9-15-21)23(30)17-24(28-19-10-4-2-5-11-19)29(22)20-12-6-3-7-13-20/h2-7,10-13,16-17,21,28H,8-9,14-15H2,1H3. The number of nitrogens with one attached hydrogen (secondary N) is 1. The molecule has 1 saturated carbocycles. The van der Waals surface area contributed by atoms with Crippen molar-refractivity contribution in [3.8, 4) is 11.6 Å². The van der Waals surface area contributed by atoms with Gasteiger partial charge in [0.15, 0.2) is 5.43 Å². The molecule has 5 rings (SSSR count). The van der Waals surface area contributed by atoms with Crippen LogP contribution in [-0.4, -0.2) is 15.7 Å². The van der Waals surface area contributed by atoms with Crippen molar-refractivity contribution in [3.05, 3.63) is 88.7 Å². The van der Waals surface area contributed by atoms with Crippen LogP contribution >= 0.6 is 0 Å². The van der Waals surface area contributed by atoms with Crippen molar-refractivity contribution in [3.63, 3.8) is 0 Å². The van der Waals surface area contributed by atoms with E-state index < -0.39 is 0 Å². The van der Waals surface area contributed by atoms with Gasteiger partial charge in [-0.3, -0.25) is 9.36 Å². The molecule has 2 aromatic heterocycles. The van der Waals surface area contributed by atoms with Gasteiger partial charge in [-0.25, -0.2) is 4.98 Å². The Morgan fingerprint density at radius 1 is 0.968 bits per heavy atom. The quantitative estimate of drug-likeness (QED) is 0.454. The number of para-hydroxylation sites is 2. The summed E-state index contributed by atoms with van der Waals surface area (Å²) >= 11 is 0. The number of aromatic nitrogens is 2. The molecule has 2 aromatic carbocycles. The summed E-state index contributed by atoms with van der Waals surface area (Å²) in [5.41, 5.74) is 3.39. The summed E-state index contributed by atoms with van der Waals surface area (Å²) in [4.78, 5) is 17.9. The number of pyridine rings is 2. The van der Waals surface area contributed by atoms with E-state index in [9.17, 15) is 4.79 Å². The normalized spacial score (nSPS) is 14.1. The van der Waals surface area contributed by atoms with Crippen molar-refractivity contribution >= 4 is 22.4 Å². The minimum atomic E-state index is -0.0962. The summed E-state index contributed by atoms with van der Waals surface area (Å²) < 4.78 is 8.32. The Morgan fingerprint density at radius 2 is 1.65 bits per heavy atom. The average molecular weight is 412 g/mol. The molecule has 0 aliphatic heterocycles. The topological polar surface area (TPSA) is 56.1 Å². The van der Waals surface area contributed by atoms with E-state index in [0.717, 1.165) is 48.3 Å². The highest BCUT2D eigenvalue weighted by Gasteiger charge is 2.22. The molecule has 2 heterocycles. The molecule has 0 bridgehead atoms. The zero-order valence-electron chi connectivity index (χ0n) is 17.5. The molecule has 0 unspecified atom stereocenters. The minimum absolute atomic E-state index is 0.0962. The maximum atomic E-state index is 13.3. The van der Waals surface area contributed by atoms with Gasteiger partial charge in [0.1, 0.15) is 17.3 Å². The molecule has 1 aliphatic carbocycles. The lowest BCUT2D eigenvalue weighted by Gasteiger charge is -2.21. The molecular formula is C26H25N3O2. The van der Waals surface area contributed by atoms with Gasteiger partial charge in [0.25, 0.3) is 0 Å². The number of aryl methyl sites for hydroxylation is 1. The van der Waals surface area contributed by atoms with Gasteiger partial charge in [0.2, 0.25) is 5.88 Å². The fourth-order valence-electron chi connectivity index (χ4n) is 4.29. The number of anilines is 2. The largest absolute Gasteiger partial charge is 0.474 e. The first-order valence-electron chi connectivity index (χ1n) is 10.8. The molecule has 0 atom stereocenters. The van der Waals surface area contributed by atoms with Crippen molar-refractivity contribution in [2.75, 3.05) is 5.32 Å². The zero-order chi connectivity index (χ0) is 21.2. The first-order chi connectivity index (χ1) is 15.2. The number of hydrogen-bond acceptors (Lipinski definition) is 4. The molecule has 0 spiro atoms. The zero-order valence-corrected chi connectivity index (χ0v) is 17.5. The van der Waals surface area contributed by atoms with Gasteiger partial charge in [-0.2, -0.15) is 0 Å². The molecule has 5 nitrogen and oxygen atoms in total. The first kappa shape index (κ1) is 19.4. The SMILES string of the molecule is Cc1cc2c(c(OC3CCCC3)n1)c(=O)cc(Nc1ccccc1)n2-c1ccccc1. The van der Waals surface area contributed by atoms with Gasteiger partial charge in [-0.15, -0.1) is 0 Å². The molecule has 156 valence electrons. The Balaban J connectivity index is 1.75. The van der Waals surface area contributed by atoms with Gasteiger partial charge in [0, 0.05) is 23.1 Å². The highest BCUT2D eigenvalue weighted by molar-refractivity contribution is 5.88. The van der Waals surface area contributed by atoms with Crippen LogP contribution in [0.5, 0.6) is 5.88 Å². The van der Waals surface area contributed by atoms with Crippen LogP contribution < -0.4 is 15.5 Å². The fourth-order valence-corrected chi connectivity index (χ4v) is 4.29. The molecule has 0 amide bonds. The van der Waals surface area contributed by atoms with E-state index in [1.54, 1.807) is 6.07 Å². The maximum absolute atomic E-state index is 13.3. The molecule has 0 radical (unpaired) electrons. The van der Waals surface area contributed by atoms with Gasteiger partial charge in [-0.05, 0) is 62.9 Å². The second-order valence-electron chi connectivity index (χ2n) is 8.04. The number of fused-ring (bicyclic) bond motifs is 1. The number of rotatable bonds is 5. The summed E-state index contributed by atoms with van der Waals surface area (Å²) in [5.74, 6) is 1.15. The predicted molar refractivity (Wildman–Crippen MR) is 125 cm³/mol. The van der Waals surface area contributed by atoms with Crippen LogP contribution in [0.15, 0.2) is 77.6 Å². The Kier molecular flexibility index (Phi) is 5.16. The molecule has 31 heavy (non-hydrogen) atoms. The van der Waals surface area contributed by atoms with Crippen molar-refractivity contribution in [2.24, 2.45) is 0 Å². The summed E-state index contributed by atoms with van der Waals surface area (Å²) in [6.45, 7) is 1.94. The third kappa shape index (κ3) is 3.91. The van der Waals surface area contributed by atoms with E-state index in [0.29, 0.717) is 17.1 Å². The third-order valence-corrected chi connectivity index (χ3v) is 5.73. The van der Waals surface area contributed by atoms with Crippen LogP contribution in [0.25, 0.3) is 16.6 Å². The van der Waals surface area contributed by atoms with Crippen molar-refractivity contribution < 1.29 is 4.74 Å². The number of hydrogen-bond donors (Lipinski definition) is 1. The van der Waals surface area contributed by atoms with Crippen LogP contribution in [0, 0.1) is 6.92 Å². The molecule has 1 N–H and O–H groups in total. The number of nitrogens with zero attached hydrogens (tertiary/aromatic N) is 2. The van der Waals surface area contributed by atoms with E-state index >= 15 is 0 Å². The molecule has 1 fully saturated rings.